The lowest BCUT2D eigenvalue weighted by molar-refractivity contribution is 0.246. The molecule has 1 aliphatic rings. The lowest BCUT2D eigenvalue weighted by Gasteiger charge is -2.29. The Morgan fingerprint density at radius 1 is 1.43 bits per heavy atom. The Bertz CT molecular complexity index is 516. The van der Waals surface area contributed by atoms with Gasteiger partial charge in [-0.2, -0.15) is 0 Å². The van der Waals surface area contributed by atoms with Gasteiger partial charge in [0.05, 0.1) is 12.6 Å². The highest BCUT2D eigenvalue weighted by atomic mass is 35.5. The summed E-state index contributed by atoms with van der Waals surface area (Å²) in [5, 5.41) is 0.528. The van der Waals surface area contributed by atoms with Crippen molar-refractivity contribution < 1.29 is 4.39 Å². The number of likely N-dealkylation sites (N-methyl/N-ethyl adjacent to an activating group) is 1. The van der Waals surface area contributed by atoms with Gasteiger partial charge < -0.3 is 15.5 Å². The van der Waals surface area contributed by atoms with Gasteiger partial charge in [-0.1, -0.05) is 25.4 Å². The average molecular weight is 313 g/mol. The van der Waals surface area contributed by atoms with Crippen LogP contribution in [0.1, 0.15) is 25.5 Å². The molecule has 1 heterocycles. The first-order valence-electron chi connectivity index (χ1n) is 7.30. The van der Waals surface area contributed by atoms with Crippen LogP contribution in [0.15, 0.2) is 23.2 Å². The van der Waals surface area contributed by atoms with Crippen LogP contribution in [0.3, 0.4) is 0 Å². The monoisotopic (exact) mass is 312 g/mol. The molecule has 0 spiro atoms. The van der Waals surface area contributed by atoms with Crippen molar-refractivity contribution >= 4 is 17.6 Å². The van der Waals surface area contributed by atoms with E-state index in [0.29, 0.717) is 23.1 Å². The predicted octanol–water partition coefficient (Wildman–Crippen LogP) is 2.49. The van der Waals surface area contributed by atoms with Gasteiger partial charge in [0.2, 0.25) is 0 Å². The standard InChI is InChI=1S/C15H22ClFN4/c1-3-20(4-2)7-8-21-14(10-19-15(21)18)12-9-11(16)5-6-13(12)17/h5-6,9,14H,3-4,7-8,10H2,1-2H3,(H2,18,19). The molecule has 21 heavy (non-hydrogen) atoms. The zero-order valence-electron chi connectivity index (χ0n) is 12.5. The van der Waals surface area contributed by atoms with Crippen LogP contribution in [-0.2, 0) is 0 Å². The molecule has 116 valence electrons. The number of aliphatic imine (C=N–C) groups is 1. The Kier molecular flexibility index (Phi) is 5.42. The van der Waals surface area contributed by atoms with Crippen LogP contribution in [0.5, 0.6) is 0 Å². The third-order valence-corrected chi connectivity index (χ3v) is 4.20. The molecule has 0 radical (unpaired) electrons. The van der Waals surface area contributed by atoms with Crippen LogP contribution in [0, 0.1) is 5.82 Å². The molecule has 1 aromatic rings. The molecule has 4 nitrogen and oxygen atoms in total. The average Bonchev–Trinajstić information content (AvgIpc) is 2.84. The summed E-state index contributed by atoms with van der Waals surface area (Å²) < 4.78 is 14.1. The third kappa shape index (κ3) is 3.66. The molecule has 1 atom stereocenters. The smallest absolute Gasteiger partial charge is 0.191 e. The van der Waals surface area contributed by atoms with E-state index in [2.05, 4.69) is 23.7 Å². The fourth-order valence-electron chi connectivity index (χ4n) is 2.62. The van der Waals surface area contributed by atoms with Gasteiger partial charge in [-0.05, 0) is 31.3 Å². The number of benzene rings is 1. The molecule has 0 fully saturated rings. The minimum absolute atomic E-state index is 0.167. The molecule has 0 aromatic heterocycles. The summed E-state index contributed by atoms with van der Waals surface area (Å²) in [6.07, 6.45) is 0. The summed E-state index contributed by atoms with van der Waals surface area (Å²) in [6, 6.07) is 4.45. The van der Waals surface area contributed by atoms with E-state index in [4.69, 9.17) is 17.3 Å². The second kappa shape index (κ2) is 7.09. The van der Waals surface area contributed by atoms with Gasteiger partial charge in [-0.25, -0.2) is 4.39 Å². The zero-order chi connectivity index (χ0) is 15.4. The summed E-state index contributed by atoms with van der Waals surface area (Å²) >= 11 is 5.99. The lowest BCUT2D eigenvalue weighted by Crippen LogP contribution is -2.41. The van der Waals surface area contributed by atoms with Crippen molar-refractivity contribution in [1.29, 1.82) is 0 Å². The second-order valence-electron chi connectivity index (χ2n) is 5.10. The number of halogens is 2. The highest BCUT2D eigenvalue weighted by Gasteiger charge is 2.29. The van der Waals surface area contributed by atoms with Crippen molar-refractivity contribution in [3.8, 4) is 0 Å². The molecule has 1 aliphatic heterocycles. The Morgan fingerprint density at radius 2 is 2.14 bits per heavy atom. The van der Waals surface area contributed by atoms with E-state index in [-0.39, 0.29) is 11.9 Å². The first-order valence-corrected chi connectivity index (χ1v) is 7.68. The summed E-state index contributed by atoms with van der Waals surface area (Å²) in [6.45, 7) is 8.30. The zero-order valence-corrected chi connectivity index (χ0v) is 13.3. The fraction of sp³-hybridized carbons (Fsp3) is 0.533. The molecule has 2 rings (SSSR count). The minimum Gasteiger partial charge on any atom is -0.370 e. The largest absolute Gasteiger partial charge is 0.370 e. The fourth-order valence-corrected chi connectivity index (χ4v) is 2.81. The minimum atomic E-state index is -0.262. The van der Waals surface area contributed by atoms with Gasteiger partial charge in [-0.3, -0.25) is 4.99 Å². The first-order chi connectivity index (χ1) is 10.1. The predicted molar refractivity (Wildman–Crippen MR) is 85.1 cm³/mol. The highest BCUT2D eigenvalue weighted by Crippen LogP contribution is 2.29. The van der Waals surface area contributed by atoms with Crippen molar-refractivity contribution in [2.75, 3.05) is 32.7 Å². The summed E-state index contributed by atoms with van der Waals surface area (Å²) in [7, 11) is 0. The van der Waals surface area contributed by atoms with Crippen molar-refractivity contribution in [3.63, 3.8) is 0 Å². The first kappa shape index (κ1) is 16.0. The van der Waals surface area contributed by atoms with Crippen molar-refractivity contribution in [2.24, 2.45) is 10.7 Å². The Morgan fingerprint density at radius 3 is 2.81 bits per heavy atom. The second-order valence-corrected chi connectivity index (χ2v) is 5.54. The molecule has 1 aromatic carbocycles. The van der Waals surface area contributed by atoms with Gasteiger partial charge >= 0.3 is 0 Å². The number of rotatable bonds is 6. The summed E-state index contributed by atoms with van der Waals surface area (Å²) in [5.41, 5.74) is 6.53. The number of hydrogen-bond donors (Lipinski definition) is 1. The van der Waals surface area contributed by atoms with Crippen LogP contribution in [0.25, 0.3) is 0 Å². The van der Waals surface area contributed by atoms with E-state index in [9.17, 15) is 4.39 Å². The summed E-state index contributed by atoms with van der Waals surface area (Å²) in [5.74, 6) is 0.216. The van der Waals surface area contributed by atoms with Crippen LogP contribution in [0.2, 0.25) is 5.02 Å². The van der Waals surface area contributed by atoms with Gasteiger partial charge in [0.1, 0.15) is 5.82 Å². The Hall–Kier alpha value is -1.33. The van der Waals surface area contributed by atoms with Gasteiger partial charge in [0.15, 0.2) is 5.96 Å². The van der Waals surface area contributed by atoms with E-state index in [1.807, 2.05) is 4.90 Å². The molecular formula is C15H22ClFN4. The highest BCUT2D eigenvalue weighted by molar-refractivity contribution is 6.30. The Labute approximate surface area is 130 Å². The molecule has 0 aliphatic carbocycles. The number of nitrogens with two attached hydrogens (primary N) is 1. The van der Waals surface area contributed by atoms with Gasteiger partial charge in [0.25, 0.3) is 0 Å². The number of nitrogens with zero attached hydrogens (tertiary/aromatic N) is 3. The van der Waals surface area contributed by atoms with Crippen molar-refractivity contribution in [1.82, 2.24) is 9.80 Å². The van der Waals surface area contributed by atoms with Gasteiger partial charge in [0, 0.05) is 23.7 Å². The topological polar surface area (TPSA) is 44.9 Å². The van der Waals surface area contributed by atoms with E-state index >= 15 is 0 Å². The van der Waals surface area contributed by atoms with Crippen molar-refractivity contribution in [2.45, 2.75) is 19.9 Å². The maximum absolute atomic E-state index is 14.1. The number of hydrogen-bond acceptors (Lipinski definition) is 4. The van der Waals surface area contributed by atoms with E-state index in [1.165, 1.54) is 6.07 Å². The normalized spacial score (nSPS) is 18.4. The maximum atomic E-state index is 14.1. The van der Waals surface area contributed by atoms with Crippen LogP contribution >= 0.6 is 11.6 Å². The van der Waals surface area contributed by atoms with Crippen LogP contribution in [-0.4, -0.2) is 48.5 Å². The molecule has 0 bridgehead atoms. The SMILES string of the molecule is CCN(CC)CCN1C(N)=NCC1c1cc(Cl)ccc1F. The van der Waals surface area contributed by atoms with E-state index in [1.54, 1.807) is 12.1 Å². The maximum Gasteiger partial charge on any atom is 0.191 e. The third-order valence-electron chi connectivity index (χ3n) is 3.97. The van der Waals surface area contributed by atoms with Crippen LogP contribution in [0.4, 0.5) is 4.39 Å². The molecule has 0 saturated carbocycles. The Balaban J connectivity index is 2.14. The summed E-state index contributed by atoms with van der Waals surface area (Å²) in [4.78, 5) is 8.54. The molecular weight excluding hydrogens is 291 g/mol. The molecule has 0 saturated heterocycles. The van der Waals surface area contributed by atoms with Crippen LogP contribution < -0.4 is 5.73 Å². The molecule has 1 unspecified atom stereocenters. The van der Waals surface area contributed by atoms with Gasteiger partial charge in [-0.15, -0.1) is 0 Å². The lowest BCUT2D eigenvalue weighted by atomic mass is 10.1. The quantitative estimate of drug-likeness (QED) is 0.878. The van der Waals surface area contributed by atoms with E-state index in [0.717, 1.165) is 26.2 Å². The van der Waals surface area contributed by atoms with E-state index < -0.39 is 0 Å². The number of guanidine groups is 1. The van der Waals surface area contributed by atoms with Crippen molar-refractivity contribution in [3.05, 3.63) is 34.6 Å². The molecule has 2 N–H and O–H groups in total. The molecule has 0 amide bonds. The molecule has 6 heteroatoms.